The molecular formula is C19H26O2. The fourth-order valence-corrected chi connectivity index (χ4v) is 6.17. The number of aliphatic hydroxyl groups excluding tert-OH is 1. The minimum absolute atomic E-state index is 0.0890. The van der Waals surface area contributed by atoms with E-state index < -0.39 is 0 Å². The Balaban J connectivity index is 1.70. The van der Waals surface area contributed by atoms with Crippen LogP contribution in [0.1, 0.15) is 52.4 Å². The summed E-state index contributed by atoms with van der Waals surface area (Å²) in [7, 11) is 0. The van der Waals surface area contributed by atoms with Gasteiger partial charge in [-0.3, -0.25) is 4.79 Å². The molecule has 3 saturated carbocycles. The first kappa shape index (κ1) is 13.8. The van der Waals surface area contributed by atoms with Gasteiger partial charge in [0.1, 0.15) is 0 Å². The van der Waals surface area contributed by atoms with Crippen molar-refractivity contribution in [2.45, 2.75) is 58.5 Å². The van der Waals surface area contributed by atoms with Gasteiger partial charge in [0.15, 0.2) is 5.78 Å². The Hall–Kier alpha value is -0.890. The summed E-state index contributed by atoms with van der Waals surface area (Å²) in [6.45, 7) is 4.66. The quantitative estimate of drug-likeness (QED) is 0.738. The molecule has 0 aromatic carbocycles. The lowest BCUT2D eigenvalue weighted by Crippen LogP contribution is -2.50. The van der Waals surface area contributed by atoms with Gasteiger partial charge in [-0.25, -0.2) is 0 Å². The molecule has 0 aromatic rings. The summed E-state index contributed by atoms with van der Waals surface area (Å²) in [4.78, 5) is 11.7. The molecule has 2 heteroatoms. The van der Waals surface area contributed by atoms with Crippen LogP contribution in [0.5, 0.6) is 0 Å². The highest BCUT2D eigenvalue weighted by molar-refractivity contribution is 6.01. The topological polar surface area (TPSA) is 37.3 Å². The van der Waals surface area contributed by atoms with Crippen LogP contribution in [0.2, 0.25) is 0 Å². The molecule has 0 spiro atoms. The average molecular weight is 286 g/mol. The average Bonchev–Trinajstić information content (AvgIpc) is 2.76. The van der Waals surface area contributed by atoms with E-state index in [0.717, 1.165) is 25.2 Å². The van der Waals surface area contributed by atoms with Crippen molar-refractivity contribution in [1.29, 1.82) is 0 Å². The maximum atomic E-state index is 11.7. The number of ketones is 1. The van der Waals surface area contributed by atoms with E-state index >= 15 is 0 Å². The predicted octanol–water partition coefficient (Wildman–Crippen LogP) is 3.66. The lowest BCUT2D eigenvalue weighted by molar-refractivity contribution is -0.111. The smallest absolute Gasteiger partial charge is 0.178 e. The molecule has 3 fully saturated rings. The third-order valence-electron chi connectivity index (χ3n) is 7.51. The second-order valence-corrected chi connectivity index (χ2v) is 8.24. The van der Waals surface area contributed by atoms with Gasteiger partial charge in [0, 0.05) is 5.41 Å². The zero-order valence-corrected chi connectivity index (χ0v) is 13.1. The molecule has 0 saturated heterocycles. The normalized spacial score (nSPS) is 52.0. The van der Waals surface area contributed by atoms with Crippen LogP contribution in [0.4, 0.5) is 0 Å². The standard InChI is InChI=1S/C19H26O2/c1-18-9-7-13(20)11-12(18)3-4-14-15-5-6-17(21)19(15,2)10-8-16(14)18/h7,9,11,14-17,21H,3-6,8,10H2,1-2H3/t14?,15?,16?,17-,18?,19?/m0/s1. The molecule has 0 heterocycles. The van der Waals surface area contributed by atoms with Crippen LogP contribution in [0.15, 0.2) is 23.8 Å². The van der Waals surface area contributed by atoms with Crippen molar-refractivity contribution < 1.29 is 9.90 Å². The van der Waals surface area contributed by atoms with Crippen LogP contribution in [0, 0.1) is 28.6 Å². The van der Waals surface area contributed by atoms with E-state index in [0.29, 0.717) is 11.8 Å². The van der Waals surface area contributed by atoms with Crippen LogP contribution in [-0.4, -0.2) is 17.0 Å². The van der Waals surface area contributed by atoms with Crippen molar-refractivity contribution in [3.05, 3.63) is 23.8 Å². The number of aliphatic hydroxyl groups is 1. The molecule has 2 nitrogen and oxygen atoms in total. The number of rotatable bonds is 0. The van der Waals surface area contributed by atoms with Gasteiger partial charge in [-0.1, -0.05) is 25.5 Å². The molecule has 5 unspecified atom stereocenters. The van der Waals surface area contributed by atoms with Crippen LogP contribution in [0.25, 0.3) is 0 Å². The molecule has 21 heavy (non-hydrogen) atoms. The second-order valence-electron chi connectivity index (χ2n) is 8.24. The maximum Gasteiger partial charge on any atom is 0.178 e. The van der Waals surface area contributed by atoms with E-state index in [1.165, 1.54) is 24.8 Å². The Bertz CT molecular complexity index is 546. The third kappa shape index (κ3) is 1.72. The van der Waals surface area contributed by atoms with Crippen LogP contribution in [-0.2, 0) is 4.79 Å². The number of fused-ring (bicyclic) bond motifs is 5. The van der Waals surface area contributed by atoms with Crippen molar-refractivity contribution in [3.8, 4) is 0 Å². The molecule has 4 aliphatic rings. The Kier molecular flexibility index (Phi) is 2.83. The predicted molar refractivity (Wildman–Crippen MR) is 82.6 cm³/mol. The maximum absolute atomic E-state index is 11.7. The zero-order chi connectivity index (χ0) is 14.8. The molecule has 114 valence electrons. The summed E-state index contributed by atoms with van der Waals surface area (Å²) in [6, 6.07) is 0. The highest BCUT2D eigenvalue weighted by Gasteiger charge is 2.58. The first-order valence-corrected chi connectivity index (χ1v) is 8.57. The lowest BCUT2D eigenvalue weighted by Gasteiger charge is -2.56. The summed E-state index contributed by atoms with van der Waals surface area (Å²) in [5.41, 5.74) is 1.59. The fraction of sp³-hybridized carbons (Fsp3) is 0.737. The number of hydrogen-bond acceptors (Lipinski definition) is 2. The summed E-state index contributed by atoms with van der Waals surface area (Å²) >= 11 is 0. The van der Waals surface area contributed by atoms with Crippen molar-refractivity contribution >= 4 is 5.78 Å². The Labute approximate surface area is 127 Å². The number of carbonyl (C=O) groups is 1. The largest absolute Gasteiger partial charge is 0.393 e. The van der Waals surface area contributed by atoms with Gasteiger partial charge in [-0.15, -0.1) is 0 Å². The van der Waals surface area contributed by atoms with Crippen molar-refractivity contribution in [2.75, 3.05) is 0 Å². The summed E-state index contributed by atoms with van der Waals surface area (Å²) in [5, 5.41) is 10.4. The zero-order valence-electron chi connectivity index (χ0n) is 13.1. The first-order valence-electron chi connectivity index (χ1n) is 8.57. The first-order chi connectivity index (χ1) is 9.95. The third-order valence-corrected chi connectivity index (χ3v) is 7.51. The molecule has 0 radical (unpaired) electrons. The number of carbonyl (C=O) groups excluding carboxylic acids is 1. The second kappa shape index (κ2) is 4.32. The van der Waals surface area contributed by atoms with E-state index in [2.05, 4.69) is 19.9 Å². The molecule has 1 N–H and O–H groups in total. The lowest BCUT2D eigenvalue weighted by atomic mass is 9.48. The summed E-state index contributed by atoms with van der Waals surface area (Å²) in [6.07, 6.45) is 12.6. The molecule has 0 aliphatic heterocycles. The molecule has 0 amide bonds. The molecule has 0 bridgehead atoms. The monoisotopic (exact) mass is 286 g/mol. The van der Waals surface area contributed by atoms with E-state index in [1.807, 2.05) is 6.08 Å². The van der Waals surface area contributed by atoms with Crippen molar-refractivity contribution in [3.63, 3.8) is 0 Å². The van der Waals surface area contributed by atoms with E-state index in [9.17, 15) is 9.90 Å². The minimum Gasteiger partial charge on any atom is -0.393 e. The fourth-order valence-electron chi connectivity index (χ4n) is 6.17. The molecule has 4 rings (SSSR count). The van der Waals surface area contributed by atoms with Gasteiger partial charge in [0.2, 0.25) is 0 Å². The van der Waals surface area contributed by atoms with Gasteiger partial charge in [-0.05, 0) is 73.8 Å². The van der Waals surface area contributed by atoms with Gasteiger partial charge in [-0.2, -0.15) is 0 Å². The van der Waals surface area contributed by atoms with Gasteiger partial charge >= 0.3 is 0 Å². The number of allylic oxidation sites excluding steroid dienone is 4. The van der Waals surface area contributed by atoms with Crippen molar-refractivity contribution in [2.24, 2.45) is 28.6 Å². The molecule has 0 aromatic heterocycles. The van der Waals surface area contributed by atoms with E-state index in [1.54, 1.807) is 6.08 Å². The van der Waals surface area contributed by atoms with Crippen LogP contribution in [0.3, 0.4) is 0 Å². The minimum atomic E-state index is -0.100. The van der Waals surface area contributed by atoms with Gasteiger partial charge in [0.25, 0.3) is 0 Å². The Morgan fingerprint density at radius 2 is 1.95 bits per heavy atom. The molecule has 4 aliphatic carbocycles. The highest BCUT2D eigenvalue weighted by Crippen LogP contribution is 2.64. The Morgan fingerprint density at radius 1 is 1.14 bits per heavy atom. The Morgan fingerprint density at radius 3 is 2.76 bits per heavy atom. The SMILES string of the molecule is CC12C=CC(=O)C=C1CCC1C2CCC2(C)C1CC[C@@H]2O. The molecular weight excluding hydrogens is 260 g/mol. The van der Waals surface area contributed by atoms with Gasteiger partial charge in [0.05, 0.1) is 6.10 Å². The summed E-state index contributed by atoms with van der Waals surface area (Å²) in [5.74, 6) is 2.22. The van der Waals surface area contributed by atoms with E-state index in [-0.39, 0.29) is 22.7 Å². The van der Waals surface area contributed by atoms with E-state index in [4.69, 9.17) is 0 Å². The molecule has 6 atom stereocenters. The van der Waals surface area contributed by atoms with Crippen molar-refractivity contribution in [1.82, 2.24) is 0 Å². The van der Waals surface area contributed by atoms with Crippen LogP contribution < -0.4 is 0 Å². The summed E-state index contributed by atoms with van der Waals surface area (Å²) < 4.78 is 0. The number of hydrogen-bond donors (Lipinski definition) is 1. The van der Waals surface area contributed by atoms with Crippen LogP contribution >= 0.6 is 0 Å². The highest BCUT2D eigenvalue weighted by atomic mass is 16.3. The van der Waals surface area contributed by atoms with Gasteiger partial charge < -0.3 is 5.11 Å².